The Hall–Kier alpha value is -2.80. The first kappa shape index (κ1) is 20.9. The van der Waals surface area contributed by atoms with Crippen LogP contribution in [0.5, 0.6) is 5.75 Å². The Labute approximate surface area is 175 Å². The van der Waals surface area contributed by atoms with E-state index in [-0.39, 0.29) is 11.2 Å². The first-order valence-corrected chi connectivity index (χ1v) is 10.5. The van der Waals surface area contributed by atoms with Crippen LogP contribution in [0.2, 0.25) is 0 Å². The molecule has 0 radical (unpaired) electrons. The first-order chi connectivity index (χ1) is 14.2. The van der Waals surface area contributed by atoms with Gasteiger partial charge in [0.1, 0.15) is 11.0 Å². The number of ether oxygens (including phenoxy) is 2. The van der Waals surface area contributed by atoms with Gasteiger partial charge in [-0.15, -0.1) is 10.2 Å². The maximum atomic E-state index is 12.4. The van der Waals surface area contributed by atoms with Gasteiger partial charge in [-0.1, -0.05) is 55.4 Å². The summed E-state index contributed by atoms with van der Waals surface area (Å²) < 4.78 is 12.6. The molecule has 29 heavy (non-hydrogen) atoms. The van der Waals surface area contributed by atoms with Gasteiger partial charge in [-0.3, -0.25) is 9.36 Å². The van der Waals surface area contributed by atoms with E-state index in [0.29, 0.717) is 24.0 Å². The zero-order valence-corrected chi connectivity index (χ0v) is 17.7. The minimum Gasteiger partial charge on any atom is -0.497 e. The lowest BCUT2D eigenvalue weighted by atomic mass is 10.2. The lowest BCUT2D eigenvalue weighted by molar-refractivity contribution is -0.142. The second-order valence-corrected chi connectivity index (χ2v) is 7.53. The summed E-state index contributed by atoms with van der Waals surface area (Å²) in [6, 6.07) is 17.6. The van der Waals surface area contributed by atoms with Crippen LogP contribution in [0.1, 0.15) is 26.7 Å². The molecule has 152 valence electrons. The number of esters is 1. The summed E-state index contributed by atoms with van der Waals surface area (Å²) in [4.78, 5) is 12.4. The quantitative estimate of drug-likeness (QED) is 0.373. The average Bonchev–Trinajstić information content (AvgIpc) is 3.18. The number of carbonyl (C=O) groups is 1. The monoisotopic (exact) mass is 411 g/mol. The normalized spacial score (nSPS) is 11.8. The van der Waals surface area contributed by atoms with Gasteiger partial charge in [0.2, 0.25) is 0 Å². The molecule has 7 heteroatoms. The Kier molecular flexibility index (Phi) is 7.30. The largest absolute Gasteiger partial charge is 0.497 e. The highest BCUT2D eigenvalue weighted by molar-refractivity contribution is 8.00. The van der Waals surface area contributed by atoms with Crippen LogP contribution in [0.25, 0.3) is 17.1 Å². The van der Waals surface area contributed by atoms with Crippen LogP contribution < -0.4 is 4.74 Å². The number of carbonyl (C=O) groups excluding carboxylic acids is 1. The molecule has 1 atom stereocenters. The van der Waals surface area contributed by atoms with E-state index in [1.165, 1.54) is 11.8 Å². The number of hydrogen-bond donors (Lipinski definition) is 0. The van der Waals surface area contributed by atoms with Crippen molar-refractivity contribution in [3.63, 3.8) is 0 Å². The van der Waals surface area contributed by atoms with Gasteiger partial charge in [-0.25, -0.2) is 0 Å². The highest BCUT2D eigenvalue weighted by atomic mass is 32.2. The number of para-hydroxylation sites is 1. The van der Waals surface area contributed by atoms with Crippen LogP contribution in [0, 0.1) is 0 Å². The number of methoxy groups -OCH3 is 1. The molecule has 0 saturated carbocycles. The van der Waals surface area contributed by atoms with Gasteiger partial charge >= 0.3 is 5.97 Å². The SMILES string of the molecule is CCC[C@@H](Sc1nnc(-c2cccc(OC)c2)n1-c1ccccc1)C(=O)OCC. The van der Waals surface area contributed by atoms with Crippen LogP contribution in [-0.2, 0) is 9.53 Å². The van der Waals surface area contributed by atoms with E-state index < -0.39 is 0 Å². The standard InChI is InChI=1S/C22H25N3O3S/c1-4-10-19(21(26)28-5-2)29-22-24-23-20(16-11-9-14-18(15-16)27-3)25(22)17-12-7-6-8-13-17/h6-9,11-15,19H,4-5,10H2,1-3H3/t19-/m1/s1. The van der Waals surface area contributed by atoms with E-state index in [9.17, 15) is 4.79 Å². The molecule has 0 N–H and O–H groups in total. The number of aromatic nitrogens is 3. The number of rotatable bonds is 9. The zero-order valence-electron chi connectivity index (χ0n) is 16.9. The molecule has 0 aliphatic heterocycles. The van der Waals surface area contributed by atoms with E-state index in [0.717, 1.165) is 23.4 Å². The molecule has 0 amide bonds. The predicted molar refractivity (Wildman–Crippen MR) is 115 cm³/mol. The van der Waals surface area contributed by atoms with Crippen molar-refractivity contribution in [2.45, 2.75) is 37.1 Å². The average molecular weight is 412 g/mol. The molecule has 6 nitrogen and oxygen atoms in total. The molecule has 0 aliphatic rings. The van der Waals surface area contributed by atoms with E-state index in [4.69, 9.17) is 9.47 Å². The molecule has 0 aliphatic carbocycles. The summed E-state index contributed by atoms with van der Waals surface area (Å²) in [7, 11) is 1.64. The second kappa shape index (κ2) is 10.1. The summed E-state index contributed by atoms with van der Waals surface area (Å²) in [6.07, 6.45) is 1.58. The second-order valence-electron chi connectivity index (χ2n) is 6.36. The topological polar surface area (TPSA) is 66.2 Å². The van der Waals surface area contributed by atoms with E-state index >= 15 is 0 Å². The highest BCUT2D eigenvalue weighted by Gasteiger charge is 2.25. The van der Waals surface area contributed by atoms with E-state index in [1.54, 1.807) is 7.11 Å². The van der Waals surface area contributed by atoms with Crippen molar-refractivity contribution in [2.24, 2.45) is 0 Å². The maximum absolute atomic E-state index is 12.4. The molecule has 0 spiro atoms. The summed E-state index contributed by atoms with van der Waals surface area (Å²) in [5.41, 5.74) is 1.81. The number of nitrogens with zero attached hydrogens (tertiary/aromatic N) is 3. The summed E-state index contributed by atoms with van der Waals surface area (Å²) in [6.45, 7) is 4.23. The Bertz CT molecular complexity index is 943. The fourth-order valence-electron chi connectivity index (χ4n) is 2.95. The van der Waals surface area contributed by atoms with Crippen molar-refractivity contribution in [1.29, 1.82) is 0 Å². The van der Waals surface area contributed by atoms with E-state index in [2.05, 4.69) is 17.1 Å². The molecule has 0 saturated heterocycles. The minimum absolute atomic E-state index is 0.218. The van der Waals surface area contributed by atoms with Crippen LogP contribution in [0.4, 0.5) is 0 Å². The summed E-state index contributed by atoms with van der Waals surface area (Å²) in [5, 5.41) is 9.18. The Morgan fingerprint density at radius 3 is 2.59 bits per heavy atom. The maximum Gasteiger partial charge on any atom is 0.319 e. The molecular formula is C22H25N3O3S. The van der Waals surface area contributed by atoms with Crippen molar-refractivity contribution < 1.29 is 14.3 Å². The fourth-order valence-corrected chi connectivity index (χ4v) is 4.11. The third-order valence-corrected chi connectivity index (χ3v) is 5.51. The Morgan fingerprint density at radius 2 is 1.90 bits per heavy atom. The Balaban J connectivity index is 2.05. The van der Waals surface area contributed by atoms with Gasteiger partial charge in [0.15, 0.2) is 11.0 Å². The molecule has 0 bridgehead atoms. The first-order valence-electron chi connectivity index (χ1n) is 9.66. The molecule has 2 aromatic carbocycles. The molecule has 0 fully saturated rings. The number of benzene rings is 2. The third kappa shape index (κ3) is 4.98. The van der Waals surface area contributed by atoms with Gasteiger partial charge < -0.3 is 9.47 Å². The van der Waals surface area contributed by atoms with Crippen molar-refractivity contribution in [1.82, 2.24) is 14.8 Å². The number of hydrogen-bond acceptors (Lipinski definition) is 6. The predicted octanol–water partition coefficient (Wildman–Crippen LogP) is 4.77. The molecule has 3 aromatic rings. The van der Waals surface area contributed by atoms with Crippen LogP contribution in [-0.4, -0.2) is 39.7 Å². The van der Waals surface area contributed by atoms with Crippen molar-refractivity contribution in [2.75, 3.05) is 13.7 Å². The summed E-state index contributed by atoms with van der Waals surface area (Å²) >= 11 is 1.39. The Morgan fingerprint density at radius 1 is 1.10 bits per heavy atom. The van der Waals surface area contributed by atoms with Crippen LogP contribution in [0.15, 0.2) is 59.8 Å². The highest BCUT2D eigenvalue weighted by Crippen LogP contribution is 2.33. The number of thioether (sulfide) groups is 1. The summed E-state index contributed by atoms with van der Waals surface area (Å²) in [5.74, 6) is 1.22. The molecule has 1 aromatic heterocycles. The van der Waals surface area contributed by atoms with Crippen LogP contribution >= 0.6 is 11.8 Å². The van der Waals surface area contributed by atoms with Gasteiger partial charge in [0.25, 0.3) is 0 Å². The molecular weight excluding hydrogens is 386 g/mol. The third-order valence-electron chi connectivity index (χ3n) is 4.32. The lowest BCUT2D eigenvalue weighted by Crippen LogP contribution is -2.20. The molecule has 0 unspecified atom stereocenters. The molecule has 3 rings (SSSR count). The smallest absolute Gasteiger partial charge is 0.319 e. The molecule has 1 heterocycles. The fraction of sp³-hybridized carbons (Fsp3) is 0.318. The van der Waals surface area contributed by atoms with Gasteiger partial charge in [-0.05, 0) is 37.6 Å². The zero-order chi connectivity index (χ0) is 20.6. The van der Waals surface area contributed by atoms with E-state index in [1.807, 2.05) is 66.1 Å². The van der Waals surface area contributed by atoms with Gasteiger partial charge in [-0.2, -0.15) is 0 Å². The lowest BCUT2D eigenvalue weighted by Gasteiger charge is -2.15. The van der Waals surface area contributed by atoms with Crippen molar-refractivity contribution >= 4 is 17.7 Å². The van der Waals surface area contributed by atoms with Crippen LogP contribution in [0.3, 0.4) is 0 Å². The van der Waals surface area contributed by atoms with Crippen molar-refractivity contribution in [3.8, 4) is 22.8 Å². The van der Waals surface area contributed by atoms with Gasteiger partial charge in [0.05, 0.1) is 13.7 Å². The van der Waals surface area contributed by atoms with Gasteiger partial charge in [0, 0.05) is 11.3 Å². The minimum atomic E-state index is -0.329. The van der Waals surface area contributed by atoms with Crippen molar-refractivity contribution in [3.05, 3.63) is 54.6 Å².